The lowest BCUT2D eigenvalue weighted by molar-refractivity contribution is -0.139. The molecule has 0 radical (unpaired) electrons. The van der Waals surface area contributed by atoms with Crippen molar-refractivity contribution in [2.24, 2.45) is 0 Å². The molecule has 10 heteroatoms. The van der Waals surface area contributed by atoms with Crippen LogP contribution in [0.2, 0.25) is 0 Å². The first-order chi connectivity index (χ1) is 17.9. The largest absolute Gasteiger partial charge is 0.493 e. The number of nitrogens with zero attached hydrogens (tertiary/aromatic N) is 1. The molecule has 0 aromatic heterocycles. The molecule has 37 heavy (non-hydrogen) atoms. The van der Waals surface area contributed by atoms with Crippen molar-refractivity contribution in [1.82, 2.24) is 10.2 Å². The molecule has 202 valence electrons. The molecule has 1 aromatic rings. The van der Waals surface area contributed by atoms with E-state index in [1.165, 1.54) is 7.11 Å². The van der Waals surface area contributed by atoms with Crippen LogP contribution in [0.5, 0.6) is 11.5 Å². The number of rotatable bonds is 11. The molecular formula is C27H36N2O8. The molecule has 0 bridgehead atoms. The third kappa shape index (κ3) is 5.52. The van der Waals surface area contributed by atoms with Crippen molar-refractivity contribution < 1.29 is 39.1 Å². The topological polar surface area (TPSA) is 138 Å². The zero-order chi connectivity index (χ0) is 26.5. The first kappa shape index (κ1) is 27.1. The van der Waals surface area contributed by atoms with E-state index in [0.29, 0.717) is 41.2 Å². The molecule has 3 aliphatic rings. The van der Waals surface area contributed by atoms with Crippen LogP contribution < -0.4 is 14.8 Å². The zero-order valence-corrected chi connectivity index (χ0v) is 21.1. The van der Waals surface area contributed by atoms with Crippen LogP contribution in [0.15, 0.2) is 36.4 Å². The SMILES string of the molecule is C=CCCC(=O)N(CC1CCCO1)C1C=C(C(=O)NCCO)C2c3cc(CO)cc(OC)c3OC2C1O. The molecular weight excluding hydrogens is 480 g/mol. The Hall–Kier alpha value is -2.92. The molecule has 2 aliphatic heterocycles. The lowest BCUT2D eigenvalue weighted by Gasteiger charge is -2.41. The number of nitrogens with one attached hydrogen (secondary N) is 1. The molecule has 1 aromatic carbocycles. The molecule has 10 nitrogen and oxygen atoms in total. The van der Waals surface area contributed by atoms with E-state index in [-0.39, 0.29) is 44.7 Å². The van der Waals surface area contributed by atoms with Gasteiger partial charge in [-0.05, 0) is 43.0 Å². The first-order valence-electron chi connectivity index (χ1n) is 12.7. The third-order valence-corrected chi connectivity index (χ3v) is 7.16. The number of benzene rings is 1. The highest BCUT2D eigenvalue weighted by molar-refractivity contribution is 5.96. The first-order valence-corrected chi connectivity index (χ1v) is 12.7. The van der Waals surface area contributed by atoms with Crippen molar-refractivity contribution >= 4 is 11.8 Å². The number of hydrogen-bond acceptors (Lipinski definition) is 8. The van der Waals surface area contributed by atoms with E-state index < -0.39 is 30.1 Å². The number of carbonyl (C=O) groups is 2. The number of methoxy groups -OCH3 is 1. The normalized spacial score (nSPS) is 25.9. The number of amides is 2. The zero-order valence-electron chi connectivity index (χ0n) is 21.1. The summed E-state index contributed by atoms with van der Waals surface area (Å²) in [5.41, 5.74) is 1.50. The molecule has 1 aliphatic carbocycles. The number of hydrogen-bond donors (Lipinski definition) is 4. The van der Waals surface area contributed by atoms with Crippen LogP contribution in [-0.2, 0) is 20.9 Å². The molecule has 4 rings (SSSR count). The van der Waals surface area contributed by atoms with Crippen LogP contribution in [-0.4, -0.2) is 89.8 Å². The third-order valence-electron chi connectivity index (χ3n) is 7.16. The van der Waals surface area contributed by atoms with Gasteiger partial charge in [-0.3, -0.25) is 9.59 Å². The van der Waals surface area contributed by atoms with Crippen molar-refractivity contribution in [2.45, 2.75) is 62.6 Å². The van der Waals surface area contributed by atoms with Gasteiger partial charge in [0.1, 0.15) is 12.2 Å². The second kappa shape index (κ2) is 12.1. The molecule has 2 amide bonds. The molecule has 4 N–H and O–H groups in total. The number of aliphatic hydroxyl groups is 3. The molecule has 0 saturated carbocycles. The van der Waals surface area contributed by atoms with Gasteiger partial charge in [0.25, 0.3) is 0 Å². The Balaban J connectivity index is 1.77. The molecule has 5 unspecified atom stereocenters. The van der Waals surface area contributed by atoms with E-state index >= 15 is 0 Å². The minimum absolute atomic E-state index is 0.0480. The monoisotopic (exact) mass is 516 g/mol. The van der Waals surface area contributed by atoms with Crippen molar-refractivity contribution in [1.29, 1.82) is 0 Å². The summed E-state index contributed by atoms with van der Waals surface area (Å²) < 4.78 is 17.5. The Kier molecular flexibility index (Phi) is 8.86. The molecule has 5 atom stereocenters. The summed E-state index contributed by atoms with van der Waals surface area (Å²) in [5.74, 6) is -0.499. The Morgan fingerprint density at radius 3 is 2.78 bits per heavy atom. The van der Waals surface area contributed by atoms with E-state index in [4.69, 9.17) is 14.2 Å². The maximum absolute atomic E-state index is 13.3. The second-order valence-electron chi connectivity index (χ2n) is 9.53. The van der Waals surface area contributed by atoms with Crippen molar-refractivity contribution in [3.8, 4) is 11.5 Å². The van der Waals surface area contributed by atoms with Gasteiger partial charge < -0.3 is 39.7 Å². The van der Waals surface area contributed by atoms with E-state index in [1.807, 2.05) is 0 Å². The minimum atomic E-state index is -1.15. The number of carbonyl (C=O) groups excluding carboxylic acids is 2. The van der Waals surface area contributed by atoms with Crippen LogP contribution >= 0.6 is 0 Å². The lowest BCUT2D eigenvalue weighted by atomic mass is 9.77. The smallest absolute Gasteiger partial charge is 0.247 e. The molecule has 1 fully saturated rings. The lowest BCUT2D eigenvalue weighted by Crippen LogP contribution is -2.57. The van der Waals surface area contributed by atoms with Crippen LogP contribution in [0.4, 0.5) is 0 Å². The van der Waals surface area contributed by atoms with Crippen LogP contribution in [0.1, 0.15) is 42.7 Å². The average Bonchev–Trinajstić information content (AvgIpc) is 3.57. The van der Waals surface area contributed by atoms with Crippen molar-refractivity contribution in [2.75, 3.05) is 33.4 Å². The fraction of sp³-hybridized carbons (Fsp3) is 0.556. The van der Waals surface area contributed by atoms with Crippen molar-refractivity contribution in [3.05, 3.63) is 47.6 Å². The fourth-order valence-corrected chi connectivity index (χ4v) is 5.39. The molecule has 1 saturated heterocycles. The van der Waals surface area contributed by atoms with Gasteiger partial charge in [0.15, 0.2) is 11.5 Å². The predicted molar refractivity (Wildman–Crippen MR) is 134 cm³/mol. The van der Waals surface area contributed by atoms with E-state index in [0.717, 1.165) is 12.8 Å². The maximum atomic E-state index is 13.3. The molecule has 0 spiro atoms. The summed E-state index contributed by atoms with van der Waals surface area (Å²) in [6.45, 7) is 4.17. The average molecular weight is 517 g/mol. The van der Waals surface area contributed by atoms with E-state index in [1.54, 1.807) is 29.2 Å². The Labute approximate surface area is 216 Å². The minimum Gasteiger partial charge on any atom is -0.493 e. The number of allylic oxidation sites excluding steroid dienone is 1. The van der Waals surface area contributed by atoms with Gasteiger partial charge in [0.05, 0.1) is 38.4 Å². The predicted octanol–water partition coefficient (Wildman–Crippen LogP) is 0.784. The van der Waals surface area contributed by atoms with Crippen LogP contribution in [0.3, 0.4) is 0 Å². The Morgan fingerprint density at radius 2 is 2.14 bits per heavy atom. The summed E-state index contributed by atoms with van der Waals surface area (Å²) >= 11 is 0. The standard InChI is InChI=1S/C27H36N2O8/c1-3-4-7-22(32)29(14-17-6-5-10-36-17)20-13-19(27(34)28-8-9-30)23-18-11-16(15-31)12-21(35-2)25(18)37-26(23)24(20)33/h3,11-13,17,20,23-24,26,30-31,33H,1,4-10,14-15H2,2H3,(H,28,34). The fourth-order valence-electron chi connectivity index (χ4n) is 5.39. The second-order valence-corrected chi connectivity index (χ2v) is 9.53. The Bertz CT molecular complexity index is 1040. The van der Waals surface area contributed by atoms with Gasteiger partial charge in [0.2, 0.25) is 11.8 Å². The van der Waals surface area contributed by atoms with Gasteiger partial charge in [-0.25, -0.2) is 0 Å². The summed E-state index contributed by atoms with van der Waals surface area (Å²) in [4.78, 5) is 28.3. The summed E-state index contributed by atoms with van der Waals surface area (Å²) in [6.07, 6.45) is 3.51. The summed E-state index contributed by atoms with van der Waals surface area (Å²) in [5, 5.41) is 33.4. The molecule has 2 heterocycles. The number of ether oxygens (including phenoxy) is 3. The van der Waals surface area contributed by atoms with Gasteiger partial charge in [0, 0.05) is 37.3 Å². The van der Waals surface area contributed by atoms with Gasteiger partial charge in [-0.1, -0.05) is 6.08 Å². The van der Waals surface area contributed by atoms with Crippen molar-refractivity contribution in [3.63, 3.8) is 0 Å². The Morgan fingerprint density at radius 1 is 1.32 bits per heavy atom. The van der Waals surface area contributed by atoms with Gasteiger partial charge >= 0.3 is 0 Å². The summed E-state index contributed by atoms with van der Waals surface area (Å²) in [6, 6.07) is 2.55. The van der Waals surface area contributed by atoms with Gasteiger partial charge in [-0.15, -0.1) is 6.58 Å². The quantitative estimate of drug-likeness (QED) is 0.317. The maximum Gasteiger partial charge on any atom is 0.247 e. The van der Waals surface area contributed by atoms with E-state index in [9.17, 15) is 24.9 Å². The van der Waals surface area contributed by atoms with Crippen LogP contribution in [0.25, 0.3) is 0 Å². The number of aliphatic hydroxyl groups excluding tert-OH is 3. The van der Waals surface area contributed by atoms with Crippen LogP contribution in [0, 0.1) is 0 Å². The highest BCUT2D eigenvalue weighted by Crippen LogP contribution is 2.51. The highest BCUT2D eigenvalue weighted by atomic mass is 16.5. The van der Waals surface area contributed by atoms with Gasteiger partial charge in [-0.2, -0.15) is 0 Å². The highest BCUT2D eigenvalue weighted by Gasteiger charge is 2.51. The number of fused-ring (bicyclic) bond motifs is 3. The summed E-state index contributed by atoms with van der Waals surface area (Å²) in [7, 11) is 1.48. The van der Waals surface area contributed by atoms with E-state index in [2.05, 4.69) is 11.9 Å².